The van der Waals surface area contributed by atoms with Crippen molar-refractivity contribution in [3.63, 3.8) is 0 Å². The molecular weight excluding hydrogens is 204 g/mol. The molecule has 1 N–H and O–H groups in total. The topological polar surface area (TPSA) is 55.2 Å². The highest BCUT2D eigenvalue weighted by atomic mass is 16.6. The largest absolute Gasteiger partial charge is 0.379 e. The maximum atomic E-state index is 10.7. The molecule has 2 rings (SSSR count). The molecule has 86 valence electrons. The Labute approximate surface area is 94.8 Å². The standard InChI is InChI=1S/C12H16N2O2/c1-3-12(2)7-6-9-4-5-10(14(15)16)8-11(9)13-12/h4-5,8,13H,3,6-7H2,1-2H3. The Kier molecular flexibility index (Phi) is 2.58. The number of anilines is 1. The summed E-state index contributed by atoms with van der Waals surface area (Å²) in [7, 11) is 0. The molecule has 0 aliphatic carbocycles. The molecule has 1 aromatic rings. The van der Waals surface area contributed by atoms with Gasteiger partial charge in [-0.3, -0.25) is 10.1 Å². The fourth-order valence-electron chi connectivity index (χ4n) is 2.08. The van der Waals surface area contributed by atoms with Crippen molar-refractivity contribution in [1.82, 2.24) is 0 Å². The Hall–Kier alpha value is -1.58. The number of non-ortho nitro benzene ring substituents is 1. The van der Waals surface area contributed by atoms with E-state index in [0.717, 1.165) is 24.9 Å². The summed E-state index contributed by atoms with van der Waals surface area (Å²) in [5.74, 6) is 0. The third kappa shape index (κ3) is 1.87. The first-order valence-electron chi connectivity index (χ1n) is 5.59. The predicted octanol–water partition coefficient (Wildman–Crippen LogP) is 3.12. The van der Waals surface area contributed by atoms with Gasteiger partial charge in [-0.25, -0.2) is 0 Å². The van der Waals surface area contributed by atoms with Crippen molar-refractivity contribution in [3.05, 3.63) is 33.9 Å². The molecule has 0 bridgehead atoms. The maximum Gasteiger partial charge on any atom is 0.271 e. The molecule has 16 heavy (non-hydrogen) atoms. The van der Waals surface area contributed by atoms with Crippen molar-refractivity contribution < 1.29 is 4.92 Å². The molecule has 4 nitrogen and oxygen atoms in total. The molecule has 1 aliphatic heterocycles. The average molecular weight is 220 g/mol. The maximum absolute atomic E-state index is 10.7. The zero-order valence-corrected chi connectivity index (χ0v) is 9.62. The summed E-state index contributed by atoms with van der Waals surface area (Å²) < 4.78 is 0. The van der Waals surface area contributed by atoms with Gasteiger partial charge in [0.1, 0.15) is 0 Å². The van der Waals surface area contributed by atoms with Crippen molar-refractivity contribution >= 4 is 11.4 Å². The van der Waals surface area contributed by atoms with Gasteiger partial charge in [0, 0.05) is 23.4 Å². The molecule has 0 saturated heterocycles. The van der Waals surface area contributed by atoms with E-state index in [1.165, 1.54) is 5.56 Å². The van der Waals surface area contributed by atoms with Crippen LogP contribution in [0.5, 0.6) is 0 Å². The summed E-state index contributed by atoms with van der Waals surface area (Å²) in [6.07, 6.45) is 3.09. The molecular formula is C12H16N2O2. The Morgan fingerprint density at radius 1 is 1.56 bits per heavy atom. The van der Waals surface area contributed by atoms with Gasteiger partial charge in [0.2, 0.25) is 0 Å². The van der Waals surface area contributed by atoms with Crippen molar-refractivity contribution in [1.29, 1.82) is 0 Å². The van der Waals surface area contributed by atoms with Crippen molar-refractivity contribution in [2.24, 2.45) is 0 Å². The third-order valence-corrected chi connectivity index (χ3v) is 3.47. The molecule has 1 heterocycles. The van der Waals surface area contributed by atoms with Crippen LogP contribution in [-0.2, 0) is 6.42 Å². The van der Waals surface area contributed by atoms with Gasteiger partial charge in [-0.05, 0) is 31.7 Å². The normalized spacial score (nSPS) is 23.4. The molecule has 1 unspecified atom stereocenters. The minimum atomic E-state index is -0.347. The third-order valence-electron chi connectivity index (χ3n) is 3.47. The van der Waals surface area contributed by atoms with E-state index in [-0.39, 0.29) is 16.1 Å². The molecule has 0 aromatic heterocycles. The first-order chi connectivity index (χ1) is 7.54. The monoisotopic (exact) mass is 220 g/mol. The van der Waals surface area contributed by atoms with Crippen LogP contribution >= 0.6 is 0 Å². The number of nitro groups is 1. The highest BCUT2D eigenvalue weighted by Crippen LogP contribution is 2.34. The fraction of sp³-hybridized carbons (Fsp3) is 0.500. The van der Waals surface area contributed by atoms with Crippen molar-refractivity contribution in [3.8, 4) is 0 Å². The molecule has 0 saturated carbocycles. The number of nitro benzene ring substituents is 1. The van der Waals surface area contributed by atoms with E-state index in [4.69, 9.17) is 0 Å². The molecule has 1 atom stereocenters. The predicted molar refractivity (Wildman–Crippen MR) is 63.7 cm³/mol. The number of nitrogens with one attached hydrogen (secondary N) is 1. The van der Waals surface area contributed by atoms with Crippen LogP contribution in [0.1, 0.15) is 32.3 Å². The summed E-state index contributed by atoms with van der Waals surface area (Å²) in [4.78, 5) is 10.3. The van der Waals surface area contributed by atoms with E-state index in [1.54, 1.807) is 12.1 Å². The minimum Gasteiger partial charge on any atom is -0.379 e. The summed E-state index contributed by atoms with van der Waals surface area (Å²) in [5, 5.41) is 14.1. The van der Waals surface area contributed by atoms with Crippen molar-refractivity contribution in [2.45, 2.75) is 38.6 Å². The number of rotatable bonds is 2. The summed E-state index contributed by atoms with van der Waals surface area (Å²) in [6, 6.07) is 5.08. The van der Waals surface area contributed by atoms with Crippen LogP contribution in [0, 0.1) is 10.1 Å². The second-order valence-corrected chi connectivity index (χ2v) is 4.64. The smallest absolute Gasteiger partial charge is 0.271 e. The van der Waals surface area contributed by atoms with Gasteiger partial charge in [0.05, 0.1) is 4.92 Å². The Bertz CT molecular complexity index is 431. The summed E-state index contributed by atoms with van der Waals surface area (Å²) in [6.45, 7) is 4.30. The zero-order valence-electron chi connectivity index (χ0n) is 9.62. The van der Waals surface area contributed by atoms with Crippen LogP contribution in [0.4, 0.5) is 11.4 Å². The lowest BCUT2D eigenvalue weighted by Gasteiger charge is -2.36. The number of fused-ring (bicyclic) bond motifs is 1. The van der Waals surface area contributed by atoms with Gasteiger partial charge in [-0.1, -0.05) is 13.0 Å². The van der Waals surface area contributed by atoms with E-state index in [1.807, 2.05) is 6.07 Å². The molecule has 1 aliphatic rings. The lowest BCUT2D eigenvalue weighted by atomic mass is 9.86. The van der Waals surface area contributed by atoms with Gasteiger partial charge in [0.25, 0.3) is 5.69 Å². The average Bonchev–Trinajstić information content (AvgIpc) is 2.28. The van der Waals surface area contributed by atoms with E-state index in [0.29, 0.717) is 0 Å². The zero-order chi connectivity index (χ0) is 11.8. The molecule has 0 spiro atoms. The van der Waals surface area contributed by atoms with Crippen LogP contribution < -0.4 is 5.32 Å². The van der Waals surface area contributed by atoms with Crippen LogP contribution in [0.15, 0.2) is 18.2 Å². The molecule has 0 amide bonds. The quantitative estimate of drug-likeness (QED) is 0.615. The molecule has 0 fully saturated rings. The minimum absolute atomic E-state index is 0.0716. The van der Waals surface area contributed by atoms with Gasteiger partial charge in [-0.15, -0.1) is 0 Å². The lowest BCUT2D eigenvalue weighted by molar-refractivity contribution is -0.384. The SMILES string of the molecule is CCC1(C)CCc2ccc([N+](=O)[O-])cc2N1. The molecule has 1 aromatic carbocycles. The van der Waals surface area contributed by atoms with Crippen LogP contribution in [-0.4, -0.2) is 10.5 Å². The second-order valence-electron chi connectivity index (χ2n) is 4.64. The van der Waals surface area contributed by atoms with Crippen LogP contribution in [0.2, 0.25) is 0 Å². The van der Waals surface area contributed by atoms with Gasteiger partial charge < -0.3 is 5.32 Å². The highest BCUT2D eigenvalue weighted by Gasteiger charge is 2.28. The van der Waals surface area contributed by atoms with Gasteiger partial charge in [-0.2, -0.15) is 0 Å². The number of benzene rings is 1. The van der Waals surface area contributed by atoms with Gasteiger partial charge >= 0.3 is 0 Å². The molecule has 4 heteroatoms. The summed E-state index contributed by atoms with van der Waals surface area (Å²) in [5.41, 5.74) is 2.33. The number of aryl methyl sites for hydroxylation is 1. The second kappa shape index (κ2) is 3.77. The van der Waals surface area contributed by atoms with Crippen LogP contribution in [0.25, 0.3) is 0 Å². The Balaban J connectivity index is 2.35. The first-order valence-corrected chi connectivity index (χ1v) is 5.59. The van der Waals surface area contributed by atoms with E-state index < -0.39 is 0 Å². The van der Waals surface area contributed by atoms with E-state index in [2.05, 4.69) is 19.2 Å². The van der Waals surface area contributed by atoms with E-state index >= 15 is 0 Å². The Morgan fingerprint density at radius 2 is 2.31 bits per heavy atom. The fourth-order valence-corrected chi connectivity index (χ4v) is 2.08. The van der Waals surface area contributed by atoms with E-state index in [9.17, 15) is 10.1 Å². The van der Waals surface area contributed by atoms with Gasteiger partial charge in [0.15, 0.2) is 0 Å². The number of hydrogen-bond acceptors (Lipinski definition) is 3. The lowest BCUT2D eigenvalue weighted by Crippen LogP contribution is -2.37. The Morgan fingerprint density at radius 3 is 2.94 bits per heavy atom. The number of nitrogens with zero attached hydrogens (tertiary/aromatic N) is 1. The van der Waals surface area contributed by atoms with Crippen molar-refractivity contribution in [2.75, 3.05) is 5.32 Å². The molecule has 0 radical (unpaired) electrons. The number of hydrogen-bond donors (Lipinski definition) is 1. The van der Waals surface area contributed by atoms with Crippen LogP contribution in [0.3, 0.4) is 0 Å². The first kappa shape index (κ1) is 10.9. The highest BCUT2D eigenvalue weighted by molar-refractivity contribution is 5.60. The summed E-state index contributed by atoms with van der Waals surface area (Å²) >= 11 is 0.